The molecule has 0 atom stereocenters. The lowest BCUT2D eigenvalue weighted by atomic mass is 9.92. The molecule has 0 aliphatic carbocycles. The Labute approximate surface area is 122 Å². The first-order valence-corrected chi connectivity index (χ1v) is 7.45. The van der Waals surface area contributed by atoms with Crippen molar-refractivity contribution in [1.82, 2.24) is 14.9 Å². The smallest absolute Gasteiger partial charge is 0.228 e. The molecule has 1 aliphatic rings. The van der Waals surface area contributed by atoms with Gasteiger partial charge in [-0.2, -0.15) is 4.98 Å². The van der Waals surface area contributed by atoms with E-state index in [1.54, 1.807) is 19.4 Å². The molecule has 5 nitrogen and oxygen atoms in total. The summed E-state index contributed by atoms with van der Waals surface area (Å²) in [5.41, 5.74) is 0. The molecule has 5 heteroatoms. The molecule has 1 fully saturated rings. The zero-order valence-electron chi connectivity index (χ0n) is 12.9. The number of hydrogen-bond acceptors (Lipinski definition) is 5. The maximum atomic E-state index is 5.16. The van der Waals surface area contributed by atoms with Crippen LogP contribution in [0.2, 0.25) is 0 Å². The second kappa shape index (κ2) is 7.43. The number of hydrogen-bond donors (Lipinski definition) is 0. The fraction of sp³-hybridized carbons (Fsp3) is 0.733. The van der Waals surface area contributed by atoms with E-state index in [0.29, 0.717) is 5.88 Å². The van der Waals surface area contributed by atoms with E-state index < -0.39 is 0 Å². The minimum atomic E-state index is 0.642. The summed E-state index contributed by atoms with van der Waals surface area (Å²) >= 11 is 0. The number of nitrogens with zero attached hydrogens (tertiary/aromatic N) is 4. The molecular formula is C15H26N4O. The van der Waals surface area contributed by atoms with Crippen LogP contribution in [-0.2, 0) is 0 Å². The van der Waals surface area contributed by atoms with Gasteiger partial charge in [0.2, 0.25) is 11.8 Å². The average Bonchev–Trinajstić information content (AvgIpc) is 2.48. The van der Waals surface area contributed by atoms with E-state index in [4.69, 9.17) is 4.74 Å². The van der Waals surface area contributed by atoms with Gasteiger partial charge in [-0.1, -0.05) is 0 Å². The first-order chi connectivity index (χ1) is 9.69. The van der Waals surface area contributed by atoms with Crippen LogP contribution in [0.1, 0.15) is 25.7 Å². The van der Waals surface area contributed by atoms with Gasteiger partial charge in [0.1, 0.15) is 0 Å². The van der Waals surface area contributed by atoms with E-state index in [2.05, 4.69) is 33.9 Å². The molecule has 1 aromatic heterocycles. The van der Waals surface area contributed by atoms with Crippen LogP contribution in [0.25, 0.3) is 0 Å². The van der Waals surface area contributed by atoms with Gasteiger partial charge in [-0.05, 0) is 52.2 Å². The van der Waals surface area contributed by atoms with Gasteiger partial charge in [0.05, 0.1) is 7.11 Å². The minimum absolute atomic E-state index is 0.642. The van der Waals surface area contributed by atoms with Crippen molar-refractivity contribution in [3.05, 3.63) is 12.3 Å². The summed E-state index contributed by atoms with van der Waals surface area (Å²) in [5, 5.41) is 0. The van der Waals surface area contributed by atoms with Crippen molar-refractivity contribution in [2.24, 2.45) is 5.92 Å². The monoisotopic (exact) mass is 278 g/mol. The lowest BCUT2D eigenvalue weighted by Gasteiger charge is -2.32. The predicted molar refractivity (Wildman–Crippen MR) is 81.3 cm³/mol. The normalized spacial score (nSPS) is 16.7. The number of piperidine rings is 1. The van der Waals surface area contributed by atoms with Crippen LogP contribution >= 0.6 is 0 Å². The van der Waals surface area contributed by atoms with Gasteiger partial charge in [0.25, 0.3) is 0 Å². The largest absolute Gasteiger partial charge is 0.481 e. The van der Waals surface area contributed by atoms with Crippen molar-refractivity contribution in [3.63, 3.8) is 0 Å². The van der Waals surface area contributed by atoms with Crippen LogP contribution in [0, 0.1) is 5.92 Å². The molecule has 112 valence electrons. The van der Waals surface area contributed by atoms with Gasteiger partial charge < -0.3 is 14.5 Å². The highest BCUT2D eigenvalue weighted by Gasteiger charge is 2.20. The molecule has 0 amide bonds. The Kier molecular flexibility index (Phi) is 5.59. The predicted octanol–water partition coefficient (Wildman–Crippen LogP) is 2.04. The van der Waals surface area contributed by atoms with Crippen molar-refractivity contribution in [2.45, 2.75) is 25.7 Å². The minimum Gasteiger partial charge on any atom is -0.481 e. The van der Waals surface area contributed by atoms with Crippen LogP contribution < -0.4 is 9.64 Å². The number of ether oxygens (including phenoxy) is 1. The Morgan fingerprint density at radius 1 is 1.35 bits per heavy atom. The summed E-state index contributed by atoms with van der Waals surface area (Å²) in [6.07, 6.45) is 6.89. The fourth-order valence-electron chi connectivity index (χ4n) is 2.72. The number of methoxy groups -OCH3 is 1. The standard InChI is InChI=1S/C15H26N4O/c1-18(2)10-4-5-13-7-11-19(12-8-13)15-16-9-6-14(17-15)20-3/h6,9,13H,4-5,7-8,10-12H2,1-3H3. The molecule has 2 heterocycles. The maximum Gasteiger partial charge on any atom is 0.228 e. The Morgan fingerprint density at radius 2 is 2.10 bits per heavy atom. The zero-order chi connectivity index (χ0) is 14.4. The zero-order valence-corrected chi connectivity index (χ0v) is 12.9. The maximum absolute atomic E-state index is 5.16. The Bertz CT molecular complexity index is 403. The first-order valence-electron chi connectivity index (χ1n) is 7.45. The summed E-state index contributed by atoms with van der Waals surface area (Å²) in [7, 11) is 5.93. The van der Waals surface area contributed by atoms with Gasteiger partial charge in [-0.15, -0.1) is 0 Å². The van der Waals surface area contributed by atoms with Gasteiger partial charge >= 0.3 is 0 Å². The number of rotatable bonds is 6. The van der Waals surface area contributed by atoms with Crippen LogP contribution in [0.4, 0.5) is 5.95 Å². The molecule has 0 saturated carbocycles. The van der Waals surface area contributed by atoms with Crippen molar-refractivity contribution >= 4 is 5.95 Å². The van der Waals surface area contributed by atoms with E-state index in [1.165, 1.54) is 32.2 Å². The van der Waals surface area contributed by atoms with E-state index in [9.17, 15) is 0 Å². The fourth-order valence-corrected chi connectivity index (χ4v) is 2.72. The van der Waals surface area contributed by atoms with Crippen LogP contribution in [0.15, 0.2) is 12.3 Å². The lowest BCUT2D eigenvalue weighted by molar-refractivity contribution is 0.330. The van der Waals surface area contributed by atoms with E-state index in [1.807, 2.05) is 0 Å². The number of anilines is 1. The molecule has 1 saturated heterocycles. The summed E-state index contributed by atoms with van der Waals surface area (Å²) in [4.78, 5) is 13.3. The quantitative estimate of drug-likeness (QED) is 0.796. The highest BCUT2D eigenvalue weighted by Crippen LogP contribution is 2.24. The second-order valence-corrected chi connectivity index (χ2v) is 5.77. The molecular weight excluding hydrogens is 252 g/mol. The molecule has 2 rings (SSSR count). The van der Waals surface area contributed by atoms with Crippen molar-refractivity contribution in [1.29, 1.82) is 0 Å². The highest BCUT2D eigenvalue weighted by atomic mass is 16.5. The molecule has 0 aromatic carbocycles. The Balaban J connectivity index is 1.78. The molecule has 0 spiro atoms. The van der Waals surface area contributed by atoms with Crippen molar-refractivity contribution in [2.75, 3.05) is 45.7 Å². The lowest BCUT2D eigenvalue weighted by Crippen LogP contribution is -2.35. The Morgan fingerprint density at radius 3 is 2.75 bits per heavy atom. The van der Waals surface area contributed by atoms with Gasteiger partial charge in [0.15, 0.2) is 0 Å². The SMILES string of the molecule is COc1ccnc(N2CCC(CCCN(C)C)CC2)n1. The summed E-state index contributed by atoms with van der Waals surface area (Å²) in [6, 6.07) is 1.79. The van der Waals surface area contributed by atoms with E-state index in [-0.39, 0.29) is 0 Å². The second-order valence-electron chi connectivity index (χ2n) is 5.77. The molecule has 0 N–H and O–H groups in total. The number of aromatic nitrogens is 2. The van der Waals surface area contributed by atoms with E-state index in [0.717, 1.165) is 25.0 Å². The highest BCUT2D eigenvalue weighted by molar-refractivity contribution is 5.32. The third-order valence-corrected chi connectivity index (χ3v) is 3.94. The molecule has 0 bridgehead atoms. The third-order valence-electron chi connectivity index (χ3n) is 3.94. The van der Waals surface area contributed by atoms with E-state index >= 15 is 0 Å². The van der Waals surface area contributed by atoms with Gasteiger partial charge in [0, 0.05) is 25.4 Å². The topological polar surface area (TPSA) is 41.5 Å². The molecule has 0 unspecified atom stereocenters. The van der Waals surface area contributed by atoms with Gasteiger partial charge in [-0.3, -0.25) is 0 Å². The van der Waals surface area contributed by atoms with Crippen molar-refractivity contribution in [3.8, 4) is 5.88 Å². The molecule has 0 radical (unpaired) electrons. The van der Waals surface area contributed by atoms with Crippen LogP contribution in [0.3, 0.4) is 0 Å². The molecule has 20 heavy (non-hydrogen) atoms. The van der Waals surface area contributed by atoms with Gasteiger partial charge in [-0.25, -0.2) is 4.98 Å². The van der Waals surface area contributed by atoms with Crippen molar-refractivity contribution < 1.29 is 4.74 Å². The summed E-state index contributed by atoms with van der Waals surface area (Å²) < 4.78 is 5.16. The third kappa shape index (κ3) is 4.34. The van der Waals surface area contributed by atoms with Crippen LogP contribution in [-0.4, -0.2) is 55.7 Å². The summed E-state index contributed by atoms with van der Waals surface area (Å²) in [6.45, 7) is 3.30. The first kappa shape index (κ1) is 15.0. The van der Waals surface area contributed by atoms with Crippen LogP contribution in [0.5, 0.6) is 5.88 Å². The average molecular weight is 278 g/mol. The Hall–Kier alpha value is -1.36. The summed E-state index contributed by atoms with van der Waals surface area (Å²) in [5.74, 6) is 2.30. The molecule has 1 aromatic rings. The molecule has 1 aliphatic heterocycles.